The molecule has 7 nitrogen and oxygen atoms in total. The number of piperidine rings is 1. The van der Waals surface area contributed by atoms with Crippen molar-refractivity contribution in [1.82, 2.24) is 24.7 Å². The van der Waals surface area contributed by atoms with E-state index in [-0.39, 0.29) is 11.8 Å². The Morgan fingerprint density at radius 1 is 1.38 bits per heavy atom. The van der Waals surface area contributed by atoms with Crippen LogP contribution in [-0.4, -0.2) is 69.9 Å². The van der Waals surface area contributed by atoms with Crippen molar-refractivity contribution in [1.29, 1.82) is 0 Å². The Bertz CT molecular complexity index is 585. The molecule has 0 aliphatic carbocycles. The van der Waals surface area contributed by atoms with Crippen molar-refractivity contribution in [2.24, 2.45) is 0 Å². The molecule has 132 valence electrons. The van der Waals surface area contributed by atoms with Gasteiger partial charge in [0.15, 0.2) is 0 Å². The number of imidazole rings is 1. The van der Waals surface area contributed by atoms with Crippen molar-refractivity contribution in [3.63, 3.8) is 0 Å². The number of nitrogens with zero attached hydrogens (tertiary/aromatic N) is 4. The van der Waals surface area contributed by atoms with E-state index in [1.807, 2.05) is 29.1 Å². The minimum atomic E-state index is 0.0137. The van der Waals surface area contributed by atoms with Gasteiger partial charge in [-0.1, -0.05) is 0 Å². The molecule has 0 radical (unpaired) electrons. The molecule has 1 aromatic rings. The van der Waals surface area contributed by atoms with Crippen molar-refractivity contribution in [2.45, 2.75) is 45.2 Å². The van der Waals surface area contributed by atoms with Crippen molar-refractivity contribution in [3.05, 3.63) is 18.2 Å². The van der Waals surface area contributed by atoms with Crippen molar-refractivity contribution in [2.75, 3.05) is 32.7 Å². The number of aryl methyl sites for hydroxylation is 2. The number of hydrogen-bond acceptors (Lipinski definition) is 4. The summed E-state index contributed by atoms with van der Waals surface area (Å²) >= 11 is 0. The lowest BCUT2D eigenvalue weighted by atomic mass is 9.99. The molecule has 3 rings (SSSR count). The van der Waals surface area contributed by atoms with Gasteiger partial charge in [0.25, 0.3) is 0 Å². The van der Waals surface area contributed by atoms with Crippen LogP contribution in [0.25, 0.3) is 0 Å². The molecule has 24 heavy (non-hydrogen) atoms. The van der Waals surface area contributed by atoms with Gasteiger partial charge in [0.2, 0.25) is 11.8 Å². The van der Waals surface area contributed by atoms with Gasteiger partial charge in [-0.2, -0.15) is 0 Å². The minimum absolute atomic E-state index is 0.0137. The molecule has 2 aliphatic heterocycles. The molecule has 0 saturated carbocycles. The van der Waals surface area contributed by atoms with Crippen LogP contribution in [0.15, 0.2) is 12.4 Å². The van der Waals surface area contributed by atoms with Gasteiger partial charge in [-0.15, -0.1) is 0 Å². The third-order valence-corrected chi connectivity index (χ3v) is 5.05. The fourth-order valence-corrected chi connectivity index (χ4v) is 3.67. The molecule has 2 fully saturated rings. The summed E-state index contributed by atoms with van der Waals surface area (Å²) in [5.41, 5.74) is 0. The Morgan fingerprint density at radius 3 is 3.00 bits per heavy atom. The van der Waals surface area contributed by atoms with Crippen LogP contribution in [0.5, 0.6) is 0 Å². The lowest BCUT2D eigenvalue weighted by molar-refractivity contribution is -0.137. The van der Waals surface area contributed by atoms with Crippen LogP contribution >= 0.6 is 0 Å². The molecule has 3 heterocycles. The standard InChI is InChI=1S/C17H27N5O2/c1-14-18-7-11-21(14)9-5-15-4-2-3-8-22(15)17(24)13-20-10-6-19-16(23)12-20/h7,11,15H,2-6,8-10,12-13H2,1H3,(H,19,23). The molecule has 7 heteroatoms. The SMILES string of the molecule is Cc1nccn1CCC1CCCCN1C(=O)CN1CCNC(=O)C1. The van der Waals surface area contributed by atoms with E-state index in [0.29, 0.717) is 25.7 Å². The number of aromatic nitrogens is 2. The number of carbonyl (C=O) groups excluding carboxylic acids is 2. The van der Waals surface area contributed by atoms with Gasteiger partial charge in [0.1, 0.15) is 5.82 Å². The Hall–Kier alpha value is -1.89. The number of likely N-dealkylation sites (tertiary alicyclic amines) is 1. The highest BCUT2D eigenvalue weighted by Crippen LogP contribution is 2.21. The zero-order valence-corrected chi connectivity index (χ0v) is 14.4. The maximum Gasteiger partial charge on any atom is 0.237 e. The number of carbonyl (C=O) groups is 2. The quantitative estimate of drug-likeness (QED) is 0.846. The molecule has 2 amide bonds. The summed E-state index contributed by atoms with van der Waals surface area (Å²) < 4.78 is 2.15. The molecular formula is C17H27N5O2. The second-order valence-corrected chi connectivity index (χ2v) is 6.75. The summed E-state index contributed by atoms with van der Waals surface area (Å²) in [6.45, 7) is 5.82. The molecule has 2 aliphatic rings. The maximum atomic E-state index is 12.7. The Kier molecular flexibility index (Phi) is 5.50. The lowest BCUT2D eigenvalue weighted by Gasteiger charge is -2.37. The average Bonchev–Trinajstić information content (AvgIpc) is 2.98. The smallest absolute Gasteiger partial charge is 0.237 e. The van der Waals surface area contributed by atoms with Crippen molar-refractivity contribution in [3.8, 4) is 0 Å². The summed E-state index contributed by atoms with van der Waals surface area (Å²) in [6.07, 6.45) is 8.11. The first-order chi connectivity index (χ1) is 11.6. The van der Waals surface area contributed by atoms with Gasteiger partial charge in [-0.3, -0.25) is 14.5 Å². The molecule has 1 unspecified atom stereocenters. The van der Waals surface area contributed by atoms with Gasteiger partial charge in [0.05, 0.1) is 13.1 Å². The van der Waals surface area contributed by atoms with Crippen LogP contribution < -0.4 is 5.32 Å². The van der Waals surface area contributed by atoms with Crippen LogP contribution in [-0.2, 0) is 16.1 Å². The first kappa shape index (κ1) is 17.0. The molecule has 1 aromatic heterocycles. The number of rotatable bonds is 5. The normalized spacial score (nSPS) is 22.5. The third kappa shape index (κ3) is 4.14. The van der Waals surface area contributed by atoms with E-state index in [1.165, 1.54) is 6.42 Å². The Morgan fingerprint density at radius 2 is 2.25 bits per heavy atom. The fourth-order valence-electron chi connectivity index (χ4n) is 3.67. The fraction of sp³-hybridized carbons (Fsp3) is 0.706. The third-order valence-electron chi connectivity index (χ3n) is 5.05. The second-order valence-electron chi connectivity index (χ2n) is 6.75. The summed E-state index contributed by atoms with van der Waals surface area (Å²) in [7, 11) is 0. The molecule has 2 saturated heterocycles. The summed E-state index contributed by atoms with van der Waals surface area (Å²) in [6, 6.07) is 0.298. The van der Waals surface area contributed by atoms with E-state index in [9.17, 15) is 9.59 Å². The van der Waals surface area contributed by atoms with Crippen LogP contribution in [0, 0.1) is 6.92 Å². The monoisotopic (exact) mass is 333 g/mol. The van der Waals surface area contributed by atoms with Crippen molar-refractivity contribution < 1.29 is 9.59 Å². The number of nitrogens with one attached hydrogen (secondary N) is 1. The molecular weight excluding hydrogens is 306 g/mol. The lowest BCUT2D eigenvalue weighted by Crippen LogP contribution is -2.53. The summed E-state index contributed by atoms with van der Waals surface area (Å²) in [4.78, 5) is 32.5. The summed E-state index contributed by atoms with van der Waals surface area (Å²) in [5.74, 6) is 1.19. The van der Waals surface area contributed by atoms with Crippen LogP contribution in [0.2, 0.25) is 0 Å². The zero-order valence-electron chi connectivity index (χ0n) is 14.4. The van der Waals surface area contributed by atoms with Gasteiger partial charge in [-0.05, 0) is 32.6 Å². The van der Waals surface area contributed by atoms with E-state index < -0.39 is 0 Å². The van der Waals surface area contributed by atoms with Crippen LogP contribution in [0.1, 0.15) is 31.5 Å². The maximum absolute atomic E-state index is 12.7. The van der Waals surface area contributed by atoms with Crippen molar-refractivity contribution >= 4 is 11.8 Å². The molecule has 1 atom stereocenters. The van der Waals surface area contributed by atoms with Gasteiger partial charge in [0, 0.05) is 44.6 Å². The highest BCUT2D eigenvalue weighted by Gasteiger charge is 2.28. The first-order valence-electron chi connectivity index (χ1n) is 8.90. The van der Waals surface area contributed by atoms with E-state index in [1.54, 1.807) is 0 Å². The molecule has 0 spiro atoms. The van der Waals surface area contributed by atoms with E-state index >= 15 is 0 Å². The van der Waals surface area contributed by atoms with Crippen LogP contribution in [0.4, 0.5) is 0 Å². The Labute approximate surface area is 143 Å². The topological polar surface area (TPSA) is 70.5 Å². The van der Waals surface area contributed by atoms with Gasteiger partial charge in [-0.25, -0.2) is 4.98 Å². The first-order valence-corrected chi connectivity index (χ1v) is 8.90. The van der Waals surface area contributed by atoms with Gasteiger partial charge >= 0.3 is 0 Å². The molecule has 0 aromatic carbocycles. The van der Waals surface area contributed by atoms with E-state index in [2.05, 4.69) is 14.9 Å². The van der Waals surface area contributed by atoms with E-state index in [4.69, 9.17) is 0 Å². The largest absolute Gasteiger partial charge is 0.354 e. The molecule has 0 bridgehead atoms. The van der Waals surface area contributed by atoms with Gasteiger partial charge < -0.3 is 14.8 Å². The zero-order chi connectivity index (χ0) is 16.9. The number of amides is 2. The highest BCUT2D eigenvalue weighted by atomic mass is 16.2. The highest BCUT2D eigenvalue weighted by molar-refractivity contribution is 5.82. The predicted octanol–water partition coefficient (Wildman–Crippen LogP) is 0.395. The average molecular weight is 333 g/mol. The minimum Gasteiger partial charge on any atom is -0.354 e. The molecule has 1 N–H and O–H groups in total. The Balaban J connectivity index is 1.56. The van der Waals surface area contributed by atoms with E-state index in [0.717, 1.165) is 44.7 Å². The number of piperazine rings is 1. The predicted molar refractivity (Wildman–Crippen MR) is 90.4 cm³/mol. The van der Waals surface area contributed by atoms with Crippen LogP contribution in [0.3, 0.4) is 0 Å². The second kappa shape index (κ2) is 7.79. The number of hydrogen-bond donors (Lipinski definition) is 1. The summed E-state index contributed by atoms with van der Waals surface area (Å²) in [5, 5.41) is 2.80.